The molecule has 1 rings (SSSR count). The van der Waals surface area contributed by atoms with Crippen molar-refractivity contribution in [3.63, 3.8) is 0 Å². The van der Waals surface area contributed by atoms with Gasteiger partial charge in [-0.05, 0) is 31.7 Å². The molecule has 126 valence electrons. The van der Waals surface area contributed by atoms with Crippen LogP contribution in [0.4, 0.5) is 14.5 Å². The molecular weight excluding hydrogens is 328 g/mol. The van der Waals surface area contributed by atoms with Crippen LogP contribution < -0.4 is 10.1 Å². The van der Waals surface area contributed by atoms with Crippen molar-refractivity contribution in [3.05, 3.63) is 23.2 Å². The third-order valence-electron chi connectivity index (χ3n) is 3.00. The van der Waals surface area contributed by atoms with Gasteiger partial charge in [0.15, 0.2) is 0 Å². The van der Waals surface area contributed by atoms with Crippen LogP contribution in [0.3, 0.4) is 0 Å². The van der Waals surface area contributed by atoms with E-state index in [1.54, 1.807) is 6.92 Å². The van der Waals surface area contributed by atoms with E-state index in [4.69, 9.17) is 16.9 Å². The molecule has 0 spiro atoms. The van der Waals surface area contributed by atoms with Crippen molar-refractivity contribution >= 4 is 23.2 Å². The number of ether oxygens (including phenoxy) is 1. The van der Waals surface area contributed by atoms with Crippen LogP contribution >= 0.6 is 11.6 Å². The molecule has 0 radical (unpaired) electrons. The lowest BCUT2D eigenvalue weighted by atomic mass is 10.2. The highest BCUT2D eigenvalue weighted by atomic mass is 35.5. The second-order valence-electron chi connectivity index (χ2n) is 4.93. The van der Waals surface area contributed by atoms with Crippen molar-refractivity contribution in [2.24, 2.45) is 5.92 Å². The number of carbonyl (C=O) groups is 1. The van der Waals surface area contributed by atoms with Crippen molar-refractivity contribution in [2.75, 3.05) is 25.0 Å². The molecule has 1 atom stereocenters. The Kier molecular flexibility index (Phi) is 7.72. The summed E-state index contributed by atoms with van der Waals surface area (Å²) in [5.74, 6) is -0.615. The van der Waals surface area contributed by atoms with E-state index in [1.807, 2.05) is 11.8 Å². The number of rotatable bonds is 8. The van der Waals surface area contributed by atoms with Gasteiger partial charge in [0.05, 0.1) is 23.6 Å². The lowest BCUT2D eigenvalue weighted by Crippen LogP contribution is -2.35. The molecule has 0 aromatic heterocycles. The minimum absolute atomic E-state index is 0.0199. The molecule has 1 aromatic carbocycles. The number of nitriles is 1. The smallest absolute Gasteiger partial charge is 0.387 e. The van der Waals surface area contributed by atoms with Crippen molar-refractivity contribution in [1.29, 1.82) is 5.26 Å². The van der Waals surface area contributed by atoms with Gasteiger partial charge in [0, 0.05) is 12.2 Å². The van der Waals surface area contributed by atoms with E-state index in [2.05, 4.69) is 16.1 Å². The average Bonchev–Trinajstić information content (AvgIpc) is 2.48. The Labute approximate surface area is 138 Å². The first-order valence-electron chi connectivity index (χ1n) is 7.01. The molecule has 0 aliphatic rings. The summed E-state index contributed by atoms with van der Waals surface area (Å²) >= 11 is 5.82. The van der Waals surface area contributed by atoms with Gasteiger partial charge in [0.1, 0.15) is 5.75 Å². The van der Waals surface area contributed by atoms with Crippen molar-refractivity contribution in [3.8, 4) is 11.8 Å². The molecule has 5 nitrogen and oxygen atoms in total. The lowest BCUT2D eigenvalue weighted by Gasteiger charge is -2.20. The SMILES string of the molecule is CCN(CC(=O)Nc1ccc(OC(F)F)c(Cl)c1)CC(C)C#N. The zero-order chi connectivity index (χ0) is 17.4. The van der Waals surface area contributed by atoms with Gasteiger partial charge < -0.3 is 10.1 Å². The molecule has 0 fully saturated rings. The summed E-state index contributed by atoms with van der Waals surface area (Å²) in [7, 11) is 0. The largest absolute Gasteiger partial charge is 0.433 e. The van der Waals surface area contributed by atoms with Gasteiger partial charge >= 0.3 is 6.61 Å². The topological polar surface area (TPSA) is 65.4 Å². The first-order chi connectivity index (χ1) is 10.8. The predicted octanol–water partition coefficient (Wildman–Crippen LogP) is 3.36. The van der Waals surface area contributed by atoms with E-state index in [-0.39, 0.29) is 29.1 Å². The van der Waals surface area contributed by atoms with Gasteiger partial charge in [-0.2, -0.15) is 14.0 Å². The van der Waals surface area contributed by atoms with Crippen LogP contribution in [-0.2, 0) is 4.79 Å². The summed E-state index contributed by atoms with van der Waals surface area (Å²) in [4.78, 5) is 13.8. The van der Waals surface area contributed by atoms with E-state index in [9.17, 15) is 13.6 Å². The summed E-state index contributed by atoms with van der Waals surface area (Å²) in [5, 5.41) is 11.4. The second-order valence-corrected chi connectivity index (χ2v) is 5.34. The fraction of sp³-hybridized carbons (Fsp3) is 0.467. The van der Waals surface area contributed by atoms with E-state index >= 15 is 0 Å². The highest BCUT2D eigenvalue weighted by molar-refractivity contribution is 6.32. The monoisotopic (exact) mass is 345 g/mol. The van der Waals surface area contributed by atoms with Gasteiger partial charge in [0.2, 0.25) is 5.91 Å². The molecular formula is C15H18ClF2N3O2. The maximum atomic E-state index is 12.1. The Morgan fingerprint density at radius 2 is 2.22 bits per heavy atom. The molecule has 0 heterocycles. The quantitative estimate of drug-likeness (QED) is 0.784. The highest BCUT2D eigenvalue weighted by Gasteiger charge is 2.14. The summed E-state index contributed by atoms with van der Waals surface area (Å²) in [6, 6.07) is 6.14. The van der Waals surface area contributed by atoms with E-state index in [1.165, 1.54) is 18.2 Å². The maximum Gasteiger partial charge on any atom is 0.387 e. The number of benzene rings is 1. The number of halogens is 3. The van der Waals surface area contributed by atoms with Gasteiger partial charge in [-0.3, -0.25) is 9.69 Å². The number of anilines is 1. The Morgan fingerprint density at radius 3 is 2.74 bits per heavy atom. The number of hydrogen-bond acceptors (Lipinski definition) is 4. The number of hydrogen-bond donors (Lipinski definition) is 1. The Balaban J connectivity index is 2.63. The van der Waals surface area contributed by atoms with Crippen LogP contribution in [0.15, 0.2) is 18.2 Å². The number of amides is 1. The fourth-order valence-electron chi connectivity index (χ4n) is 1.91. The number of alkyl halides is 2. The zero-order valence-electron chi connectivity index (χ0n) is 12.9. The zero-order valence-corrected chi connectivity index (χ0v) is 13.6. The van der Waals surface area contributed by atoms with Gasteiger partial charge in [-0.25, -0.2) is 0 Å². The van der Waals surface area contributed by atoms with E-state index < -0.39 is 6.61 Å². The molecule has 23 heavy (non-hydrogen) atoms. The van der Waals surface area contributed by atoms with Crippen LogP contribution in [0.1, 0.15) is 13.8 Å². The Hall–Kier alpha value is -1.91. The normalized spacial score (nSPS) is 12.1. The summed E-state index contributed by atoms with van der Waals surface area (Å²) in [5.41, 5.74) is 0.381. The van der Waals surface area contributed by atoms with Crippen LogP contribution in [0.2, 0.25) is 5.02 Å². The standard InChI is InChI=1S/C15H18ClF2N3O2/c1-3-21(8-10(2)7-19)9-14(22)20-11-4-5-13(12(16)6-11)23-15(17)18/h4-6,10,15H,3,8-9H2,1-2H3,(H,20,22). The minimum Gasteiger partial charge on any atom is -0.433 e. The first-order valence-corrected chi connectivity index (χ1v) is 7.39. The van der Waals surface area contributed by atoms with Gasteiger partial charge in [-0.15, -0.1) is 0 Å². The molecule has 0 saturated carbocycles. The molecule has 1 aromatic rings. The Morgan fingerprint density at radius 1 is 1.52 bits per heavy atom. The molecule has 1 N–H and O–H groups in total. The fourth-order valence-corrected chi connectivity index (χ4v) is 2.13. The van der Waals surface area contributed by atoms with Gasteiger partial charge in [-0.1, -0.05) is 18.5 Å². The van der Waals surface area contributed by atoms with Gasteiger partial charge in [0.25, 0.3) is 0 Å². The lowest BCUT2D eigenvalue weighted by molar-refractivity contribution is -0.117. The average molecular weight is 346 g/mol. The number of carbonyl (C=O) groups excluding carboxylic acids is 1. The number of nitrogens with one attached hydrogen (secondary N) is 1. The molecule has 0 saturated heterocycles. The highest BCUT2D eigenvalue weighted by Crippen LogP contribution is 2.28. The molecule has 1 amide bonds. The van der Waals surface area contributed by atoms with Crippen LogP contribution in [0.5, 0.6) is 5.75 Å². The number of nitrogens with zero attached hydrogens (tertiary/aromatic N) is 2. The molecule has 1 unspecified atom stereocenters. The third kappa shape index (κ3) is 6.80. The van der Waals surface area contributed by atoms with Crippen molar-refractivity contribution in [2.45, 2.75) is 20.5 Å². The molecule has 8 heteroatoms. The first kappa shape index (κ1) is 19.1. The number of likely N-dealkylation sites (N-methyl/N-ethyl adjacent to an activating group) is 1. The van der Waals surface area contributed by atoms with Crippen LogP contribution in [0, 0.1) is 17.2 Å². The minimum atomic E-state index is -2.96. The van der Waals surface area contributed by atoms with Crippen molar-refractivity contribution < 1.29 is 18.3 Å². The molecule has 0 aliphatic heterocycles. The second kappa shape index (κ2) is 9.28. The van der Waals surface area contributed by atoms with Crippen LogP contribution in [-0.4, -0.2) is 37.1 Å². The summed E-state index contributed by atoms with van der Waals surface area (Å²) in [6.45, 7) is 1.94. The predicted molar refractivity (Wildman–Crippen MR) is 83.6 cm³/mol. The summed E-state index contributed by atoms with van der Waals surface area (Å²) < 4.78 is 28.5. The Bertz CT molecular complexity index is 578. The maximum absolute atomic E-state index is 12.1. The summed E-state index contributed by atoms with van der Waals surface area (Å²) in [6.07, 6.45) is 0. The molecule has 0 bridgehead atoms. The third-order valence-corrected chi connectivity index (χ3v) is 3.29. The van der Waals surface area contributed by atoms with Crippen LogP contribution in [0.25, 0.3) is 0 Å². The van der Waals surface area contributed by atoms with E-state index in [0.29, 0.717) is 18.8 Å². The molecule has 0 aliphatic carbocycles. The van der Waals surface area contributed by atoms with E-state index in [0.717, 1.165) is 0 Å². The van der Waals surface area contributed by atoms with Crippen molar-refractivity contribution in [1.82, 2.24) is 4.90 Å².